The van der Waals surface area contributed by atoms with Crippen molar-refractivity contribution in [2.45, 2.75) is 51.1 Å². The predicted molar refractivity (Wildman–Crippen MR) is 148 cm³/mol. The number of hydrogen-bond donors (Lipinski definition) is 1. The van der Waals surface area contributed by atoms with Gasteiger partial charge in [0.25, 0.3) is 5.69 Å². The summed E-state index contributed by atoms with van der Waals surface area (Å²) in [5.74, 6) is 0.375. The van der Waals surface area contributed by atoms with E-state index in [1.807, 2.05) is 81.4 Å². The number of rotatable bonds is 11. The van der Waals surface area contributed by atoms with Crippen molar-refractivity contribution in [1.29, 1.82) is 0 Å². The lowest BCUT2D eigenvalue weighted by Gasteiger charge is -2.34. The summed E-state index contributed by atoms with van der Waals surface area (Å²) in [5.41, 5.74) is 2.40. The molecule has 0 radical (unpaired) electrons. The van der Waals surface area contributed by atoms with Crippen molar-refractivity contribution < 1.29 is 14.5 Å². The lowest BCUT2D eigenvalue weighted by molar-refractivity contribution is -0.384. The van der Waals surface area contributed by atoms with Gasteiger partial charge in [-0.3, -0.25) is 19.7 Å². The van der Waals surface area contributed by atoms with Crippen LogP contribution in [0.5, 0.6) is 0 Å². The Morgan fingerprint density at radius 3 is 2.00 bits per heavy atom. The molecule has 0 fully saturated rings. The molecule has 0 heterocycles. The number of thioether (sulfide) groups is 1. The molecule has 1 N–H and O–H groups in total. The van der Waals surface area contributed by atoms with Gasteiger partial charge in [-0.15, -0.1) is 11.8 Å². The maximum Gasteiger partial charge on any atom is 0.269 e. The van der Waals surface area contributed by atoms with Gasteiger partial charge in [0.15, 0.2) is 0 Å². The van der Waals surface area contributed by atoms with Crippen LogP contribution in [0.15, 0.2) is 84.9 Å². The van der Waals surface area contributed by atoms with E-state index in [1.54, 1.807) is 17.0 Å². The number of nitro groups is 1. The number of carbonyl (C=O) groups excluding carboxylic acids is 2. The number of non-ortho nitro benzene ring substituents is 1. The number of nitrogens with zero attached hydrogens (tertiary/aromatic N) is 2. The molecule has 194 valence electrons. The predicted octanol–water partition coefficient (Wildman–Crippen LogP) is 5.38. The SMILES string of the molecule is CC(C)(C)NC(=O)[C@H](Cc1ccccc1)N(Cc1ccccc1)C(=O)CSCc1ccc([N+](=O)[O-])cc1. The van der Waals surface area contributed by atoms with Crippen LogP contribution in [0.1, 0.15) is 37.5 Å². The summed E-state index contributed by atoms with van der Waals surface area (Å²) in [6.07, 6.45) is 0.397. The van der Waals surface area contributed by atoms with Gasteiger partial charge in [-0.05, 0) is 37.5 Å². The third-order valence-electron chi connectivity index (χ3n) is 5.61. The van der Waals surface area contributed by atoms with Gasteiger partial charge in [-0.25, -0.2) is 0 Å². The summed E-state index contributed by atoms with van der Waals surface area (Å²) in [6, 6.07) is 25.0. The molecule has 3 rings (SSSR count). The molecular formula is C29H33N3O4S. The Balaban J connectivity index is 1.81. The topological polar surface area (TPSA) is 92.6 Å². The lowest BCUT2D eigenvalue weighted by atomic mass is 10.0. The van der Waals surface area contributed by atoms with Crippen molar-refractivity contribution in [2.75, 3.05) is 5.75 Å². The number of nitro benzene ring substituents is 1. The average molecular weight is 520 g/mol. The Hall–Kier alpha value is -3.65. The van der Waals surface area contributed by atoms with Gasteiger partial charge in [0, 0.05) is 36.4 Å². The minimum atomic E-state index is -0.686. The van der Waals surface area contributed by atoms with Gasteiger partial charge in [-0.2, -0.15) is 0 Å². The molecule has 0 bridgehead atoms. The molecular weight excluding hydrogens is 486 g/mol. The van der Waals surface area contributed by atoms with Gasteiger partial charge in [0.2, 0.25) is 11.8 Å². The molecule has 0 unspecified atom stereocenters. The molecule has 0 spiro atoms. The van der Waals surface area contributed by atoms with E-state index in [0.717, 1.165) is 16.7 Å². The van der Waals surface area contributed by atoms with Crippen LogP contribution in [0, 0.1) is 10.1 Å². The number of nitrogens with one attached hydrogen (secondary N) is 1. The van der Waals surface area contributed by atoms with Gasteiger partial charge in [-0.1, -0.05) is 72.8 Å². The molecule has 3 aromatic carbocycles. The van der Waals surface area contributed by atoms with Crippen molar-refractivity contribution in [3.05, 3.63) is 112 Å². The number of hydrogen-bond acceptors (Lipinski definition) is 5. The van der Waals surface area contributed by atoms with Crippen LogP contribution in [0.2, 0.25) is 0 Å². The van der Waals surface area contributed by atoms with E-state index < -0.39 is 16.5 Å². The van der Waals surface area contributed by atoms with Crippen LogP contribution >= 0.6 is 11.8 Å². The van der Waals surface area contributed by atoms with E-state index in [1.165, 1.54) is 23.9 Å². The van der Waals surface area contributed by atoms with Crippen molar-refractivity contribution in [3.8, 4) is 0 Å². The highest BCUT2D eigenvalue weighted by Gasteiger charge is 2.32. The molecule has 2 amide bonds. The van der Waals surface area contributed by atoms with Gasteiger partial charge in [0.05, 0.1) is 10.7 Å². The lowest BCUT2D eigenvalue weighted by Crippen LogP contribution is -2.54. The minimum absolute atomic E-state index is 0.0347. The first-order valence-electron chi connectivity index (χ1n) is 12.1. The van der Waals surface area contributed by atoms with E-state index in [-0.39, 0.29) is 23.3 Å². The van der Waals surface area contributed by atoms with Crippen LogP contribution in [0.25, 0.3) is 0 Å². The fraction of sp³-hybridized carbons (Fsp3) is 0.310. The Labute approximate surface area is 222 Å². The first-order chi connectivity index (χ1) is 17.6. The Kier molecular flexibility index (Phi) is 9.85. The standard InChI is InChI=1S/C29H33N3O4S/c1-29(2,3)30-28(34)26(18-22-10-6-4-7-11-22)31(19-23-12-8-5-9-13-23)27(33)21-37-20-24-14-16-25(17-15-24)32(35)36/h4-17,26H,18-21H2,1-3H3,(H,30,34)/t26-/m0/s1. The number of amides is 2. The number of benzene rings is 3. The second-order valence-electron chi connectivity index (χ2n) is 9.87. The van der Waals surface area contributed by atoms with E-state index in [0.29, 0.717) is 18.7 Å². The van der Waals surface area contributed by atoms with Crippen LogP contribution in [-0.2, 0) is 28.3 Å². The highest BCUT2D eigenvalue weighted by atomic mass is 32.2. The molecule has 8 heteroatoms. The highest BCUT2D eigenvalue weighted by Crippen LogP contribution is 2.20. The first kappa shape index (κ1) is 27.9. The van der Waals surface area contributed by atoms with Crippen LogP contribution < -0.4 is 5.32 Å². The molecule has 0 aliphatic carbocycles. The molecule has 7 nitrogen and oxygen atoms in total. The molecule has 0 saturated heterocycles. The summed E-state index contributed by atoms with van der Waals surface area (Å²) in [4.78, 5) is 39.3. The quantitative estimate of drug-likeness (QED) is 0.271. The normalized spacial score (nSPS) is 12.0. The first-order valence-corrected chi connectivity index (χ1v) is 13.3. The van der Waals surface area contributed by atoms with Gasteiger partial charge >= 0.3 is 0 Å². The van der Waals surface area contributed by atoms with E-state index in [9.17, 15) is 19.7 Å². The fourth-order valence-corrected chi connectivity index (χ4v) is 4.71. The molecule has 1 atom stereocenters. The Morgan fingerprint density at radius 1 is 0.892 bits per heavy atom. The molecule has 0 saturated carbocycles. The summed E-state index contributed by atoms with van der Waals surface area (Å²) in [5, 5.41) is 14.0. The maximum absolute atomic E-state index is 13.6. The Bertz CT molecular complexity index is 1180. The van der Waals surface area contributed by atoms with Crippen molar-refractivity contribution in [3.63, 3.8) is 0 Å². The monoisotopic (exact) mass is 519 g/mol. The van der Waals surface area contributed by atoms with Crippen molar-refractivity contribution in [2.24, 2.45) is 0 Å². The highest BCUT2D eigenvalue weighted by molar-refractivity contribution is 7.99. The third kappa shape index (κ3) is 9.06. The van der Waals surface area contributed by atoms with E-state index >= 15 is 0 Å². The molecule has 0 aliphatic rings. The summed E-state index contributed by atoms with van der Waals surface area (Å²) in [6.45, 7) is 6.09. The average Bonchev–Trinajstić information content (AvgIpc) is 2.86. The molecule has 37 heavy (non-hydrogen) atoms. The smallest absolute Gasteiger partial charge is 0.269 e. The second-order valence-corrected chi connectivity index (χ2v) is 10.9. The Morgan fingerprint density at radius 2 is 1.46 bits per heavy atom. The van der Waals surface area contributed by atoms with E-state index in [2.05, 4.69) is 5.32 Å². The van der Waals surface area contributed by atoms with Crippen LogP contribution in [-0.4, -0.2) is 39.0 Å². The van der Waals surface area contributed by atoms with Crippen molar-refractivity contribution >= 4 is 29.3 Å². The largest absolute Gasteiger partial charge is 0.350 e. The number of carbonyl (C=O) groups is 2. The maximum atomic E-state index is 13.6. The van der Waals surface area contributed by atoms with E-state index in [4.69, 9.17) is 0 Å². The second kappa shape index (κ2) is 13.1. The summed E-state index contributed by atoms with van der Waals surface area (Å²) >= 11 is 1.42. The zero-order chi connectivity index (χ0) is 26.8. The molecule has 0 aromatic heterocycles. The zero-order valence-corrected chi connectivity index (χ0v) is 22.2. The minimum Gasteiger partial charge on any atom is -0.350 e. The summed E-state index contributed by atoms with van der Waals surface area (Å²) < 4.78 is 0. The van der Waals surface area contributed by atoms with Crippen LogP contribution in [0.4, 0.5) is 5.69 Å². The van der Waals surface area contributed by atoms with Gasteiger partial charge < -0.3 is 10.2 Å². The zero-order valence-electron chi connectivity index (χ0n) is 21.4. The molecule has 3 aromatic rings. The fourth-order valence-electron chi connectivity index (χ4n) is 3.84. The van der Waals surface area contributed by atoms with Crippen molar-refractivity contribution in [1.82, 2.24) is 10.2 Å². The molecule has 0 aliphatic heterocycles. The third-order valence-corrected chi connectivity index (χ3v) is 6.59. The summed E-state index contributed by atoms with van der Waals surface area (Å²) in [7, 11) is 0. The van der Waals surface area contributed by atoms with Gasteiger partial charge in [0.1, 0.15) is 6.04 Å². The van der Waals surface area contributed by atoms with Crippen LogP contribution in [0.3, 0.4) is 0 Å².